The molecule has 1 fully saturated rings. The van der Waals surface area contributed by atoms with Crippen LogP contribution in [0.15, 0.2) is 36.4 Å². The first-order valence-electron chi connectivity index (χ1n) is 8.97. The van der Waals surface area contributed by atoms with Gasteiger partial charge in [0, 0.05) is 18.3 Å². The Morgan fingerprint density at radius 2 is 1.83 bits per heavy atom. The lowest BCUT2D eigenvalue weighted by atomic mass is 10.1. The Morgan fingerprint density at radius 1 is 1.10 bits per heavy atom. The highest BCUT2D eigenvalue weighted by Gasteiger charge is 2.38. The fraction of sp³-hybridized carbons (Fsp3) is 0.211. The molecule has 4 rings (SSSR count). The molecule has 1 atom stereocenters. The molecule has 1 unspecified atom stereocenters. The zero-order valence-electron chi connectivity index (χ0n) is 15.6. The molecule has 2 aromatic carbocycles. The van der Waals surface area contributed by atoms with E-state index in [4.69, 9.17) is 0 Å². The molecule has 1 N–H and O–H groups in total. The van der Waals surface area contributed by atoms with Gasteiger partial charge in [-0.25, -0.2) is 13.2 Å². The van der Waals surface area contributed by atoms with Crippen molar-refractivity contribution in [2.75, 3.05) is 16.8 Å². The number of hydrogen-bond acceptors (Lipinski definition) is 5. The van der Waals surface area contributed by atoms with Crippen LogP contribution in [0.2, 0.25) is 0 Å². The topological polar surface area (TPSA) is 93.0 Å². The maximum absolute atomic E-state index is 14.2. The van der Waals surface area contributed by atoms with E-state index in [2.05, 4.69) is 20.8 Å². The molecule has 8 nitrogen and oxygen atoms in total. The van der Waals surface area contributed by atoms with Crippen molar-refractivity contribution in [1.82, 2.24) is 20.2 Å². The standard InChI is InChI=1S/C19H15F3N6O2/c1-10-24-25-26-28(10)13-2-3-16(22)17(9-13)23-18(29)15-4-5-27(19(15)30)14-7-11(20)6-12(21)8-14/h2-3,6-9,15H,4-5H2,1H3,(H,23,29). The molecule has 1 aliphatic heterocycles. The van der Waals surface area contributed by atoms with Gasteiger partial charge < -0.3 is 10.2 Å². The Kier molecular flexibility index (Phi) is 4.94. The minimum atomic E-state index is -1.12. The first-order chi connectivity index (χ1) is 14.3. The monoisotopic (exact) mass is 416 g/mol. The quantitative estimate of drug-likeness (QED) is 0.660. The van der Waals surface area contributed by atoms with Crippen molar-refractivity contribution in [2.24, 2.45) is 5.92 Å². The van der Waals surface area contributed by atoms with Crippen molar-refractivity contribution < 1.29 is 22.8 Å². The van der Waals surface area contributed by atoms with Crippen molar-refractivity contribution in [3.63, 3.8) is 0 Å². The molecule has 30 heavy (non-hydrogen) atoms. The third kappa shape index (κ3) is 3.61. The lowest BCUT2D eigenvalue weighted by Gasteiger charge is -2.17. The van der Waals surface area contributed by atoms with Crippen molar-refractivity contribution in [3.05, 3.63) is 59.7 Å². The van der Waals surface area contributed by atoms with Gasteiger partial charge >= 0.3 is 0 Å². The van der Waals surface area contributed by atoms with Gasteiger partial charge in [0.1, 0.15) is 23.4 Å². The van der Waals surface area contributed by atoms with E-state index in [0.29, 0.717) is 17.6 Å². The number of tetrazole rings is 1. The number of aromatic nitrogens is 4. The van der Waals surface area contributed by atoms with Crippen molar-refractivity contribution in [1.29, 1.82) is 0 Å². The van der Waals surface area contributed by atoms with Crippen LogP contribution in [0.4, 0.5) is 24.5 Å². The Labute approximate surface area is 168 Å². The minimum absolute atomic E-state index is 0.0233. The summed E-state index contributed by atoms with van der Waals surface area (Å²) in [6.07, 6.45) is 0.121. The molecule has 1 saturated heterocycles. The first kappa shape index (κ1) is 19.6. The maximum Gasteiger partial charge on any atom is 0.239 e. The maximum atomic E-state index is 14.2. The predicted octanol–water partition coefficient (Wildman–Crippen LogP) is 2.38. The molecule has 2 amide bonds. The summed E-state index contributed by atoms with van der Waals surface area (Å²) in [5.41, 5.74) is 0.300. The van der Waals surface area contributed by atoms with Gasteiger partial charge in [-0.15, -0.1) is 5.10 Å². The fourth-order valence-electron chi connectivity index (χ4n) is 3.31. The smallest absolute Gasteiger partial charge is 0.239 e. The van der Waals surface area contributed by atoms with E-state index >= 15 is 0 Å². The number of aryl methyl sites for hydroxylation is 1. The summed E-state index contributed by atoms with van der Waals surface area (Å²) in [6, 6.07) is 6.64. The minimum Gasteiger partial charge on any atom is -0.323 e. The van der Waals surface area contributed by atoms with Gasteiger partial charge in [0.25, 0.3) is 0 Å². The Morgan fingerprint density at radius 3 is 2.50 bits per heavy atom. The average molecular weight is 416 g/mol. The van der Waals surface area contributed by atoms with E-state index in [0.717, 1.165) is 23.1 Å². The molecule has 0 spiro atoms. The Bertz CT molecular complexity index is 1130. The van der Waals surface area contributed by atoms with Gasteiger partial charge in [-0.3, -0.25) is 9.59 Å². The number of nitrogens with zero attached hydrogens (tertiary/aromatic N) is 5. The first-order valence-corrected chi connectivity index (χ1v) is 8.97. The second kappa shape index (κ2) is 7.58. The summed E-state index contributed by atoms with van der Waals surface area (Å²) >= 11 is 0. The number of carbonyl (C=O) groups excluding carboxylic acids is 2. The summed E-state index contributed by atoms with van der Waals surface area (Å²) in [5, 5.41) is 13.4. The van der Waals surface area contributed by atoms with E-state index in [1.807, 2.05) is 0 Å². The zero-order chi connectivity index (χ0) is 21.4. The number of halogens is 3. The molecule has 0 radical (unpaired) electrons. The predicted molar refractivity (Wildman–Crippen MR) is 99.3 cm³/mol. The average Bonchev–Trinajstić information content (AvgIpc) is 3.28. The second-order valence-corrected chi connectivity index (χ2v) is 6.75. The number of rotatable bonds is 4. The molecular weight excluding hydrogens is 401 g/mol. The highest BCUT2D eigenvalue weighted by Crippen LogP contribution is 2.28. The van der Waals surface area contributed by atoms with E-state index in [9.17, 15) is 22.8 Å². The third-order valence-corrected chi connectivity index (χ3v) is 4.76. The lowest BCUT2D eigenvalue weighted by Crippen LogP contribution is -2.33. The normalized spacial score (nSPS) is 16.2. The third-order valence-electron chi connectivity index (χ3n) is 4.76. The van der Waals surface area contributed by atoms with Crippen LogP contribution in [0.5, 0.6) is 0 Å². The van der Waals surface area contributed by atoms with Crippen LogP contribution < -0.4 is 10.2 Å². The van der Waals surface area contributed by atoms with Crippen molar-refractivity contribution in [3.8, 4) is 5.69 Å². The summed E-state index contributed by atoms with van der Waals surface area (Å²) < 4.78 is 42.5. The van der Waals surface area contributed by atoms with Gasteiger partial charge in [-0.2, -0.15) is 4.68 Å². The largest absolute Gasteiger partial charge is 0.323 e. The SMILES string of the molecule is Cc1nnnn1-c1ccc(F)c(NC(=O)C2CCN(c3cc(F)cc(F)c3)C2=O)c1. The number of benzene rings is 2. The number of anilines is 2. The molecule has 0 saturated carbocycles. The van der Waals surface area contributed by atoms with Crippen LogP contribution in [0, 0.1) is 30.3 Å². The van der Waals surface area contributed by atoms with Crippen molar-refractivity contribution in [2.45, 2.75) is 13.3 Å². The zero-order valence-corrected chi connectivity index (χ0v) is 15.6. The molecule has 0 aliphatic carbocycles. The highest BCUT2D eigenvalue weighted by atomic mass is 19.1. The number of nitrogens with one attached hydrogen (secondary N) is 1. The van der Waals surface area contributed by atoms with Crippen LogP contribution in [-0.2, 0) is 9.59 Å². The summed E-state index contributed by atoms with van der Waals surface area (Å²) in [4.78, 5) is 26.4. The van der Waals surface area contributed by atoms with Crippen molar-refractivity contribution >= 4 is 23.2 Å². The molecule has 154 valence electrons. The van der Waals surface area contributed by atoms with E-state index in [1.54, 1.807) is 6.92 Å². The lowest BCUT2D eigenvalue weighted by molar-refractivity contribution is -0.129. The van der Waals surface area contributed by atoms with Crippen LogP contribution in [0.3, 0.4) is 0 Å². The number of hydrogen-bond donors (Lipinski definition) is 1. The second-order valence-electron chi connectivity index (χ2n) is 6.75. The molecule has 3 aromatic rings. The molecule has 11 heteroatoms. The molecular formula is C19H15F3N6O2. The van der Waals surface area contributed by atoms with E-state index < -0.39 is 35.2 Å². The Balaban J connectivity index is 1.53. The van der Waals surface area contributed by atoms with Crippen LogP contribution >= 0.6 is 0 Å². The van der Waals surface area contributed by atoms with Crippen LogP contribution in [0.25, 0.3) is 5.69 Å². The molecule has 0 bridgehead atoms. The van der Waals surface area contributed by atoms with Gasteiger partial charge in [0.05, 0.1) is 11.4 Å². The molecule has 1 aliphatic rings. The highest BCUT2D eigenvalue weighted by molar-refractivity contribution is 6.13. The van der Waals surface area contributed by atoms with E-state index in [-0.39, 0.29) is 24.3 Å². The number of amides is 2. The van der Waals surface area contributed by atoms with Gasteiger partial charge in [0.2, 0.25) is 11.8 Å². The van der Waals surface area contributed by atoms with E-state index in [1.165, 1.54) is 16.8 Å². The van der Waals surface area contributed by atoms with Crippen LogP contribution in [-0.4, -0.2) is 38.6 Å². The van der Waals surface area contributed by atoms with Crippen LogP contribution in [0.1, 0.15) is 12.2 Å². The van der Waals surface area contributed by atoms with Gasteiger partial charge in [-0.1, -0.05) is 0 Å². The van der Waals surface area contributed by atoms with Gasteiger partial charge in [-0.05, 0) is 54.1 Å². The van der Waals surface area contributed by atoms with Gasteiger partial charge in [0.15, 0.2) is 5.82 Å². The summed E-state index contributed by atoms with van der Waals surface area (Å²) in [6.45, 7) is 1.76. The molecule has 1 aromatic heterocycles. The summed E-state index contributed by atoms with van der Waals surface area (Å²) in [5.74, 6) is -4.36. The Hall–Kier alpha value is -3.76. The number of carbonyl (C=O) groups is 2. The fourth-order valence-corrected chi connectivity index (χ4v) is 3.31. The summed E-state index contributed by atoms with van der Waals surface area (Å²) in [7, 11) is 0. The molecule has 2 heterocycles.